The largest absolute Gasteiger partial charge is 0.305 e. The van der Waals surface area contributed by atoms with Gasteiger partial charge in [-0.05, 0) is 31.2 Å². The average molecular weight is 382 g/mol. The molecule has 0 atom stereocenters. The Balaban J connectivity index is 1.60. The van der Waals surface area contributed by atoms with Gasteiger partial charge in [-0.2, -0.15) is 0 Å². The average Bonchev–Trinajstić information content (AvgIpc) is 3.01. The van der Waals surface area contributed by atoms with Gasteiger partial charge in [0.15, 0.2) is 11.0 Å². The predicted molar refractivity (Wildman–Crippen MR) is 105 cm³/mol. The van der Waals surface area contributed by atoms with E-state index in [1.807, 2.05) is 67.1 Å². The molecule has 0 radical (unpaired) electrons. The molecule has 0 unspecified atom stereocenters. The van der Waals surface area contributed by atoms with E-state index in [1.165, 1.54) is 0 Å². The maximum Gasteiger partial charge on any atom is 0.191 e. The van der Waals surface area contributed by atoms with Gasteiger partial charge in [0.2, 0.25) is 0 Å². The Morgan fingerprint density at radius 3 is 2.42 bits per heavy atom. The molecule has 4 aromatic rings. The Morgan fingerprint density at radius 2 is 1.65 bits per heavy atom. The highest BCUT2D eigenvalue weighted by molar-refractivity contribution is 7.98. The summed E-state index contributed by atoms with van der Waals surface area (Å²) in [7, 11) is 1.94. The van der Waals surface area contributed by atoms with E-state index in [9.17, 15) is 0 Å². The minimum atomic E-state index is 0.663. The molecule has 0 fully saturated rings. The number of benzene rings is 2. The molecular weight excluding hydrogens is 366 g/mol. The van der Waals surface area contributed by atoms with Gasteiger partial charge in [0.05, 0.1) is 27.4 Å². The van der Waals surface area contributed by atoms with Crippen molar-refractivity contribution < 1.29 is 0 Å². The second-order valence-corrected chi connectivity index (χ2v) is 7.23. The van der Waals surface area contributed by atoms with Crippen LogP contribution in [0.4, 0.5) is 0 Å². The third-order valence-electron chi connectivity index (χ3n) is 4.13. The predicted octanol–water partition coefficient (Wildman–Crippen LogP) is 4.68. The number of aromatic nitrogens is 5. The van der Waals surface area contributed by atoms with E-state index in [0.29, 0.717) is 10.8 Å². The van der Waals surface area contributed by atoms with Gasteiger partial charge in [-0.15, -0.1) is 10.2 Å². The van der Waals surface area contributed by atoms with Crippen LogP contribution in [0.15, 0.2) is 53.7 Å². The highest BCUT2D eigenvalue weighted by Gasteiger charge is 2.14. The van der Waals surface area contributed by atoms with Crippen LogP contribution in [0.1, 0.15) is 11.4 Å². The van der Waals surface area contributed by atoms with Crippen LogP contribution in [-0.4, -0.2) is 24.7 Å². The summed E-state index contributed by atoms with van der Waals surface area (Å²) in [6.45, 7) is 1.99. The molecule has 0 spiro atoms. The van der Waals surface area contributed by atoms with Gasteiger partial charge in [-0.1, -0.05) is 47.6 Å². The summed E-state index contributed by atoms with van der Waals surface area (Å²) in [5.74, 6) is 1.43. The van der Waals surface area contributed by atoms with Gasteiger partial charge in [-0.3, -0.25) is 0 Å². The van der Waals surface area contributed by atoms with Crippen LogP contribution >= 0.6 is 23.4 Å². The van der Waals surface area contributed by atoms with Gasteiger partial charge < -0.3 is 4.57 Å². The number of nitrogens with zero attached hydrogens (tertiary/aromatic N) is 5. The number of fused-ring (bicyclic) bond motifs is 1. The van der Waals surface area contributed by atoms with Crippen molar-refractivity contribution in [1.82, 2.24) is 24.7 Å². The third kappa shape index (κ3) is 3.18. The zero-order valence-corrected chi connectivity index (χ0v) is 15.9. The van der Waals surface area contributed by atoms with Gasteiger partial charge in [0.1, 0.15) is 0 Å². The molecular formula is C19H16ClN5S. The fraction of sp³-hybridized carbons (Fsp3) is 0.158. The number of thioether (sulfide) groups is 1. The molecule has 2 heterocycles. The minimum absolute atomic E-state index is 0.663. The maximum atomic E-state index is 6.28. The van der Waals surface area contributed by atoms with E-state index in [-0.39, 0.29) is 0 Å². The smallest absolute Gasteiger partial charge is 0.191 e. The van der Waals surface area contributed by atoms with Crippen LogP contribution in [0.2, 0.25) is 5.02 Å². The van der Waals surface area contributed by atoms with Crippen LogP contribution in [0.5, 0.6) is 0 Å². The van der Waals surface area contributed by atoms with E-state index in [0.717, 1.165) is 39.0 Å². The van der Waals surface area contributed by atoms with Crippen molar-refractivity contribution in [2.75, 3.05) is 0 Å². The lowest BCUT2D eigenvalue weighted by Gasteiger charge is -2.07. The molecule has 0 aliphatic rings. The summed E-state index contributed by atoms with van der Waals surface area (Å²) >= 11 is 7.87. The summed E-state index contributed by atoms with van der Waals surface area (Å²) in [5.41, 5.74) is 4.58. The van der Waals surface area contributed by atoms with Gasteiger partial charge in [0.25, 0.3) is 0 Å². The van der Waals surface area contributed by atoms with Crippen molar-refractivity contribution in [3.63, 3.8) is 0 Å². The lowest BCUT2D eigenvalue weighted by Crippen LogP contribution is -1.99. The zero-order chi connectivity index (χ0) is 18.1. The molecule has 130 valence electrons. The Morgan fingerprint density at radius 1 is 0.962 bits per heavy atom. The molecule has 0 amide bonds. The number of hydrogen-bond acceptors (Lipinski definition) is 5. The van der Waals surface area contributed by atoms with Crippen molar-refractivity contribution in [2.24, 2.45) is 7.05 Å². The summed E-state index contributed by atoms with van der Waals surface area (Å²) in [6, 6.07) is 15.5. The quantitative estimate of drug-likeness (QED) is 0.480. The lowest BCUT2D eigenvalue weighted by atomic mass is 10.2. The standard InChI is InChI=1S/C19H16ClN5S/c1-12-17(22-16-10-6-5-9-15(16)21-12)11-26-19-24-23-18(25(19)2)13-7-3-4-8-14(13)20/h3-10H,11H2,1-2H3. The van der Waals surface area contributed by atoms with E-state index in [2.05, 4.69) is 15.2 Å². The topological polar surface area (TPSA) is 56.5 Å². The molecule has 7 heteroatoms. The van der Waals surface area contributed by atoms with Crippen LogP contribution in [0, 0.1) is 6.92 Å². The molecule has 5 nitrogen and oxygen atoms in total. The summed E-state index contributed by atoms with van der Waals surface area (Å²) in [6.07, 6.45) is 0. The molecule has 0 saturated heterocycles. The molecule has 4 rings (SSSR count). The van der Waals surface area contributed by atoms with E-state index >= 15 is 0 Å². The third-order valence-corrected chi connectivity index (χ3v) is 5.49. The Hall–Kier alpha value is -2.44. The van der Waals surface area contributed by atoms with Crippen molar-refractivity contribution in [2.45, 2.75) is 17.8 Å². The molecule has 2 aromatic carbocycles. The lowest BCUT2D eigenvalue weighted by molar-refractivity contribution is 0.793. The van der Waals surface area contributed by atoms with Gasteiger partial charge in [0, 0.05) is 18.4 Å². The number of aryl methyl sites for hydroxylation is 1. The molecule has 0 bridgehead atoms. The monoisotopic (exact) mass is 381 g/mol. The first-order valence-electron chi connectivity index (χ1n) is 8.13. The van der Waals surface area contributed by atoms with E-state index in [1.54, 1.807) is 11.8 Å². The highest BCUT2D eigenvalue weighted by atomic mass is 35.5. The van der Waals surface area contributed by atoms with Crippen LogP contribution in [0.3, 0.4) is 0 Å². The van der Waals surface area contributed by atoms with Crippen molar-refractivity contribution in [3.8, 4) is 11.4 Å². The van der Waals surface area contributed by atoms with E-state index in [4.69, 9.17) is 16.6 Å². The summed E-state index contributed by atoms with van der Waals surface area (Å²) in [5, 5.41) is 10.1. The molecule has 2 aromatic heterocycles. The van der Waals surface area contributed by atoms with Gasteiger partial charge in [-0.25, -0.2) is 9.97 Å². The van der Waals surface area contributed by atoms with E-state index < -0.39 is 0 Å². The first-order valence-corrected chi connectivity index (χ1v) is 9.49. The minimum Gasteiger partial charge on any atom is -0.305 e. The molecule has 0 aliphatic heterocycles. The van der Waals surface area contributed by atoms with Gasteiger partial charge >= 0.3 is 0 Å². The summed E-state index contributed by atoms with van der Waals surface area (Å²) in [4.78, 5) is 9.38. The fourth-order valence-corrected chi connectivity index (χ4v) is 3.85. The van der Waals surface area contributed by atoms with Crippen molar-refractivity contribution >= 4 is 34.4 Å². The second kappa shape index (κ2) is 7.05. The maximum absolute atomic E-state index is 6.28. The fourth-order valence-electron chi connectivity index (χ4n) is 2.71. The number of para-hydroxylation sites is 2. The summed E-state index contributed by atoms with van der Waals surface area (Å²) < 4.78 is 1.95. The second-order valence-electron chi connectivity index (χ2n) is 5.88. The molecule has 0 saturated carbocycles. The normalized spacial score (nSPS) is 11.2. The first-order chi connectivity index (χ1) is 12.6. The Labute approximate surface area is 160 Å². The van der Waals surface area contributed by atoms with Crippen molar-refractivity contribution in [3.05, 3.63) is 64.9 Å². The highest BCUT2D eigenvalue weighted by Crippen LogP contribution is 2.29. The first kappa shape index (κ1) is 17.0. The SMILES string of the molecule is Cc1nc2ccccc2nc1CSc1nnc(-c2ccccc2Cl)n1C. The van der Waals surface area contributed by atoms with Crippen LogP contribution in [-0.2, 0) is 12.8 Å². The Bertz CT molecular complexity index is 1090. The number of halogens is 1. The van der Waals surface area contributed by atoms with Crippen LogP contribution in [0.25, 0.3) is 22.4 Å². The van der Waals surface area contributed by atoms with Crippen LogP contribution < -0.4 is 0 Å². The van der Waals surface area contributed by atoms with Crippen molar-refractivity contribution in [1.29, 1.82) is 0 Å². The number of hydrogen-bond donors (Lipinski definition) is 0. The molecule has 0 N–H and O–H groups in total. The molecule has 0 aliphatic carbocycles. The zero-order valence-electron chi connectivity index (χ0n) is 14.3. The number of rotatable bonds is 4. The molecule has 26 heavy (non-hydrogen) atoms. The Kier molecular flexibility index (Phi) is 4.61.